The van der Waals surface area contributed by atoms with E-state index in [4.69, 9.17) is 10.5 Å². The first kappa shape index (κ1) is 11.5. The molecule has 0 bridgehead atoms. The highest BCUT2D eigenvalue weighted by Crippen LogP contribution is 2.09. The van der Waals surface area contributed by atoms with Gasteiger partial charge in [-0.3, -0.25) is 4.68 Å². The lowest BCUT2D eigenvalue weighted by molar-refractivity contribution is -0.0322. The van der Waals surface area contributed by atoms with Crippen molar-refractivity contribution in [2.45, 2.75) is 18.6 Å². The quantitative estimate of drug-likeness (QED) is 0.715. The predicted molar refractivity (Wildman–Crippen MR) is 59.9 cm³/mol. The molecule has 1 aliphatic rings. The number of morpholine rings is 1. The van der Waals surface area contributed by atoms with Crippen LogP contribution in [0.5, 0.6) is 0 Å². The highest BCUT2D eigenvalue weighted by Gasteiger charge is 2.25. The van der Waals surface area contributed by atoms with Crippen LogP contribution in [0.25, 0.3) is 0 Å². The lowest BCUT2D eigenvalue weighted by Gasteiger charge is -2.33. The number of rotatable bonds is 3. The molecule has 16 heavy (non-hydrogen) atoms. The van der Waals surface area contributed by atoms with Gasteiger partial charge in [-0.05, 0) is 7.05 Å². The number of likely N-dealkylation sites (N-methyl/N-ethyl adjacent to an activating group) is 1. The number of hydrogen-bond donors (Lipinski definition) is 1. The zero-order valence-corrected chi connectivity index (χ0v) is 9.83. The standard InChI is InChI=1S/C10H19N5O/c1-14-3-4-16-9(6-14)8(11)5-10-12-7-13-15(10)2/h7-9H,3-6,11H2,1-2H3. The van der Waals surface area contributed by atoms with E-state index in [2.05, 4.69) is 22.0 Å². The van der Waals surface area contributed by atoms with Crippen molar-refractivity contribution in [3.63, 3.8) is 0 Å². The Labute approximate surface area is 95.4 Å². The van der Waals surface area contributed by atoms with E-state index in [9.17, 15) is 0 Å². The van der Waals surface area contributed by atoms with Gasteiger partial charge in [0.1, 0.15) is 12.2 Å². The molecule has 2 rings (SSSR count). The highest BCUT2D eigenvalue weighted by atomic mass is 16.5. The summed E-state index contributed by atoms with van der Waals surface area (Å²) in [6.07, 6.45) is 2.35. The number of hydrogen-bond acceptors (Lipinski definition) is 5. The third-order valence-corrected chi connectivity index (χ3v) is 3.00. The minimum absolute atomic E-state index is 0.0225. The molecule has 0 radical (unpaired) electrons. The van der Waals surface area contributed by atoms with Crippen molar-refractivity contribution < 1.29 is 4.74 Å². The molecule has 0 saturated carbocycles. The second kappa shape index (κ2) is 4.90. The maximum absolute atomic E-state index is 6.14. The van der Waals surface area contributed by atoms with Gasteiger partial charge in [0, 0.05) is 32.6 Å². The third-order valence-electron chi connectivity index (χ3n) is 3.00. The Morgan fingerprint density at radius 2 is 2.44 bits per heavy atom. The van der Waals surface area contributed by atoms with Crippen LogP contribution in [0.15, 0.2) is 6.33 Å². The van der Waals surface area contributed by atoms with Gasteiger partial charge >= 0.3 is 0 Å². The van der Waals surface area contributed by atoms with Gasteiger partial charge in [0.2, 0.25) is 0 Å². The topological polar surface area (TPSA) is 69.2 Å². The van der Waals surface area contributed by atoms with Crippen LogP contribution in [0.2, 0.25) is 0 Å². The van der Waals surface area contributed by atoms with Crippen LogP contribution in [0.4, 0.5) is 0 Å². The highest BCUT2D eigenvalue weighted by molar-refractivity contribution is 4.92. The Bertz CT molecular complexity index is 340. The van der Waals surface area contributed by atoms with Crippen molar-refractivity contribution in [3.05, 3.63) is 12.2 Å². The van der Waals surface area contributed by atoms with Crippen LogP contribution in [-0.2, 0) is 18.2 Å². The largest absolute Gasteiger partial charge is 0.374 e. The lowest BCUT2D eigenvalue weighted by Crippen LogP contribution is -2.50. The van der Waals surface area contributed by atoms with Crippen molar-refractivity contribution >= 4 is 0 Å². The molecule has 6 nitrogen and oxygen atoms in total. The van der Waals surface area contributed by atoms with E-state index in [1.807, 2.05) is 7.05 Å². The molecule has 1 fully saturated rings. The first-order valence-electron chi connectivity index (χ1n) is 5.55. The Morgan fingerprint density at radius 3 is 3.06 bits per heavy atom. The smallest absolute Gasteiger partial charge is 0.138 e. The van der Waals surface area contributed by atoms with Gasteiger partial charge in [-0.15, -0.1) is 0 Å². The fourth-order valence-corrected chi connectivity index (χ4v) is 1.92. The molecule has 1 saturated heterocycles. The first-order chi connectivity index (χ1) is 7.66. The van der Waals surface area contributed by atoms with E-state index in [-0.39, 0.29) is 12.1 Å². The predicted octanol–water partition coefficient (Wildman–Crippen LogP) is -0.984. The molecule has 2 unspecified atom stereocenters. The molecule has 0 spiro atoms. The molecule has 2 atom stereocenters. The molecular formula is C10H19N5O. The van der Waals surface area contributed by atoms with Gasteiger partial charge in [-0.2, -0.15) is 5.10 Å². The second-order valence-electron chi connectivity index (χ2n) is 4.34. The Kier molecular flexibility index (Phi) is 3.52. The summed E-state index contributed by atoms with van der Waals surface area (Å²) in [5, 5.41) is 4.03. The number of ether oxygens (including phenoxy) is 1. The zero-order chi connectivity index (χ0) is 11.5. The number of nitrogens with zero attached hydrogens (tertiary/aromatic N) is 4. The van der Waals surface area contributed by atoms with Gasteiger partial charge < -0.3 is 15.4 Å². The second-order valence-corrected chi connectivity index (χ2v) is 4.34. The minimum atomic E-state index is -0.0225. The average Bonchev–Trinajstić information content (AvgIpc) is 2.64. The summed E-state index contributed by atoms with van der Waals surface area (Å²) in [4.78, 5) is 6.41. The Balaban J connectivity index is 1.92. The zero-order valence-electron chi connectivity index (χ0n) is 9.83. The summed E-state index contributed by atoms with van der Waals surface area (Å²) >= 11 is 0. The SMILES string of the molecule is CN1CCOC(C(N)Cc2ncnn2C)C1. The van der Waals surface area contributed by atoms with Crippen molar-refractivity contribution in [1.29, 1.82) is 0 Å². The summed E-state index contributed by atoms with van der Waals surface area (Å²) in [7, 11) is 3.97. The monoisotopic (exact) mass is 225 g/mol. The summed E-state index contributed by atoms with van der Waals surface area (Å²) in [5.41, 5.74) is 6.14. The van der Waals surface area contributed by atoms with Crippen LogP contribution in [0.3, 0.4) is 0 Å². The number of aromatic nitrogens is 3. The average molecular weight is 225 g/mol. The normalized spacial score (nSPS) is 24.6. The number of aryl methyl sites for hydroxylation is 1. The third kappa shape index (κ3) is 2.58. The fraction of sp³-hybridized carbons (Fsp3) is 0.800. The minimum Gasteiger partial charge on any atom is -0.374 e. The van der Waals surface area contributed by atoms with Gasteiger partial charge in [-0.25, -0.2) is 4.98 Å². The van der Waals surface area contributed by atoms with Crippen LogP contribution >= 0.6 is 0 Å². The molecule has 0 aliphatic carbocycles. The van der Waals surface area contributed by atoms with Crippen LogP contribution in [0.1, 0.15) is 5.82 Å². The molecular weight excluding hydrogens is 206 g/mol. The summed E-state index contributed by atoms with van der Waals surface area (Å²) in [5.74, 6) is 0.907. The Hall–Kier alpha value is -0.980. The summed E-state index contributed by atoms with van der Waals surface area (Å²) in [6, 6.07) is -0.0225. The molecule has 1 aromatic rings. The van der Waals surface area contributed by atoms with Crippen molar-refractivity contribution in [1.82, 2.24) is 19.7 Å². The molecule has 1 aromatic heterocycles. The summed E-state index contributed by atoms with van der Waals surface area (Å²) in [6.45, 7) is 2.62. The molecule has 6 heteroatoms. The van der Waals surface area contributed by atoms with Gasteiger partial charge in [0.15, 0.2) is 0 Å². The maximum atomic E-state index is 6.14. The first-order valence-corrected chi connectivity index (χ1v) is 5.55. The van der Waals surface area contributed by atoms with Crippen LogP contribution in [0, 0.1) is 0 Å². The molecule has 0 amide bonds. The summed E-state index contributed by atoms with van der Waals surface area (Å²) < 4.78 is 7.43. The number of nitrogens with two attached hydrogens (primary N) is 1. The molecule has 2 heterocycles. The van der Waals surface area contributed by atoms with E-state index in [1.54, 1.807) is 11.0 Å². The van der Waals surface area contributed by atoms with E-state index >= 15 is 0 Å². The van der Waals surface area contributed by atoms with Gasteiger partial charge in [-0.1, -0.05) is 0 Å². The van der Waals surface area contributed by atoms with Gasteiger partial charge in [0.05, 0.1) is 12.7 Å². The van der Waals surface area contributed by atoms with Crippen molar-refractivity contribution in [2.75, 3.05) is 26.7 Å². The lowest BCUT2D eigenvalue weighted by atomic mass is 10.1. The molecule has 90 valence electrons. The van der Waals surface area contributed by atoms with Crippen molar-refractivity contribution in [3.8, 4) is 0 Å². The molecule has 0 aromatic carbocycles. The molecule has 1 aliphatic heterocycles. The van der Waals surface area contributed by atoms with E-state index in [0.717, 1.165) is 25.5 Å². The van der Waals surface area contributed by atoms with E-state index in [1.165, 1.54) is 0 Å². The maximum Gasteiger partial charge on any atom is 0.138 e. The van der Waals surface area contributed by atoms with E-state index < -0.39 is 0 Å². The molecule has 2 N–H and O–H groups in total. The fourth-order valence-electron chi connectivity index (χ4n) is 1.92. The Morgan fingerprint density at radius 1 is 1.62 bits per heavy atom. The van der Waals surface area contributed by atoms with Crippen molar-refractivity contribution in [2.24, 2.45) is 12.8 Å². The van der Waals surface area contributed by atoms with Gasteiger partial charge in [0.25, 0.3) is 0 Å². The van der Waals surface area contributed by atoms with E-state index in [0.29, 0.717) is 6.42 Å². The van der Waals surface area contributed by atoms with Crippen LogP contribution in [-0.4, -0.2) is 58.6 Å². The van der Waals surface area contributed by atoms with Crippen LogP contribution < -0.4 is 5.73 Å².